The van der Waals surface area contributed by atoms with Crippen LogP contribution in [0.1, 0.15) is 44.2 Å². The van der Waals surface area contributed by atoms with E-state index >= 15 is 0 Å². The molecule has 90 valence electrons. The second-order valence-corrected chi connectivity index (χ2v) is 4.30. The summed E-state index contributed by atoms with van der Waals surface area (Å²) in [5, 5.41) is 0. The first-order valence-electron chi connectivity index (χ1n) is 5.53. The third kappa shape index (κ3) is 3.00. The van der Waals surface area contributed by atoms with Crippen LogP contribution in [0.25, 0.3) is 0 Å². The number of alkyl halides is 3. The van der Waals surface area contributed by atoms with Gasteiger partial charge in [-0.1, -0.05) is 45.4 Å². The third-order valence-electron chi connectivity index (χ3n) is 3.24. The average Bonchev–Trinajstić information content (AvgIpc) is 2.26. The van der Waals surface area contributed by atoms with E-state index in [2.05, 4.69) is 13.8 Å². The molecule has 2 atom stereocenters. The van der Waals surface area contributed by atoms with Crippen LogP contribution in [-0.4, -0.2) is 0 Å². The normalized spacial score (nSPS) is 15.9. The Hall–Kier alpha value is -0.990. The second-order valence-electron chi connectivity index (χ2n) is 4.30. The molecule has 0 spiro atoms. The predicted molar refractivity (Wildman–Crippen MR) is 59.3 cm³/mol. The van der Waals surface area contributed by atoms with Crippen molar-refractivity contribution in [1.82, 2.24) is 0 Å². The molecule has 0 radical (unpaired) electrons. The van der Waals surface area contributed by atoms with Crippen LogP contribution in [0.4, 0.5) is 13.2 Å². The van der Waals surface area contributed by atoms with Crippen molar-refractivity contribution < 1.29 is 13.2 Å². The zero-order valence-electron chi connectivity index (χ0n) is 9.81. The van der Waals surface area contributed by atoms with Gasteiger partial charge in [0.05, 0.1) is 5.56 Å². The average molecular weight is 230 g/mol. The van der Waals surface area contributed by atoms with Gasteiger partial charge in [-0.05, 0) is 23.5 Å². The third-order valence-corrected chi connectivity index (χ3v) is 3.24. The van der Waals surface area contributed by atoms with E-state index in [0.29, 0.717) is 5.92 Å². The highest BCUT2D eigenvalue weighted by atomic mass is 19.4. The van der Waals surface area contributed by atoms with Crippen molar-refractivity contribution in [2.45, 2.75) is 39.3 Å². The van der Waals surface area contributed by atoms with Crippen LogP contribution in [-0.2, 0) is 6.18 Å². The van der Waals surface area contributed by atoms with Crippen LogP contribution in [0.15, 0.2) is 24.3 Å². The van der Waals surface area contributed by atoms with E-state index in [0.717, 1.165) is 18.1 Å². The van der Waals surface area contributed by atoms with Crippen LogP contribution >= 0.6 is 0 Å². The van der Waals surface area contributed by atoms with Crippen LogP contribution in [0.3, 0.4) is 0 Å². The van der Waals surface area contributed by atoms with Gasteiger partial charge in [0, 0.05) is 0 Å². The predicted octanol–water partition coefficient (Wildman–Crippen LogP) is 4.86. The summed E-state index contributed by atoms with van der Waals surface area (Å²) < 4.78 is 37.5. The fourth-order valence-corrected chi connectivity index (χ4v) is 1.68. The minimum Gasteiger partial charge on any atom is -0.166 e. The van der Waals surface area contributed by atoms with Crippen molar-refractivity contribution in [3.8, 4) is 0 Å². The first-order chi connectivity index (χ1) is 7.36. The molecule has 1 aromatic carbocycles. The number of hydrogen-bond donors (Lipinski definition) is 0. The summed E-state index contributed by atoms with van der Waals surface area (Å²) in [6.07, 6.45) is -3.28. The van der Waals surface area contributed by atoms with E-state index in [1.54, 1.807) is 6.07 Å². The molecule has 0 aliphatic heterocycles. The highest BCUT2D eigenvalue weighted by Gasteiger charge is 2.30. The van der Waals surface area contributed by atoms with E-state index in [9.17, 15) is 13.2 Å². The van der Waals surface area contributed by atoms with Gasteiger partial charge in [0.15, 0.2) is 0 Å². The van der Waals surface area contributed by atoms with Crippen molar-refractivity contribution >= 4 is 0 Å². The van der Waals surface area contributed by atoms with Crippen LogP contribution in [0, 0.1) is 5.92 Å². The molecule has 3 heteroatoms. The Bertz CT molecular complexity index is 341. The lowest BCUT2D eigenvalue weighted by atomic mass is 9.86. The van der Waals surface area contributed by atoms with Crippen molar-refractivity contribution in [2.75, 3.05) is 0 Å². The fourth-order valence-electron chi connectivity index (χ4n) is 1.68. The Labute approximate surface area is 94.5 Å². The van der Waals surface area contributed by atoms with Crippen molar-refractivity contribution in [3.05, 3.63) is 35.4 Å². The maximum atomic E-state index is 12.5. The number of benzene rings is 1. The van der Waals surface area contributed by atoms with E-state index in [4.69, 9.17) is 0 Å². The van der Waals surface area contributed by atoms with Gasteiger partial charge in [0.1, 0.15) is 0 Å². The molecule has 0 saturated heterocycles. The molecule has 0 amide bonds. The largest absolute Gasteiger partial charge is 0.416 e. The van der Waals surface area contributed by atoms with Crippen molar-refractivity contribution in [1.29, 1.82) is 0 Å². The summed E-state index contributed by atoms with van der Waals surface area (Å²) in [4.78, 5) is 0. The monoisotopic (exact) mass is 230 g/mol. The van der Waals surface area contributed by atoms with E-state index in [-0.39, 0.29) is 5.92 Å². The van der Waals surface area contributed by atoms with Crippen LogP contribution < -0.4 is 0 Å². The molecule has 2 unspecified atom stereocenters. The van der Waals surface area contributed by atoms with Crippen molar-refractivity contribution in [2.24, 2.45) is 5.92 Å². The minimum absolute atomic E-state index is 0.160. The maximum Gasteiger partial charge on any atom is 0.416 e. The van der Waals surface area contributed by atoms with E-state index in [1.165, 1.54) is 12.1 Å². The molecule has 0 aliphatic carbocycles. The Morgan fingerprint density at radius 3 is 2.31 bits per heavy atom. The molecule has 0 saturated carbocycles. The molecular formula is C13H17F3. The molecule has 0 heterocycles. The second kappa shape index (κ2) is 4.89. The molecule has 16 heavy (non-hydrogen) atoms. The fraction of sp³-hybridized carbons (Fsp3) is 0.538. The lowest BCUT2D eigenvalue weighted by molar-refractivity contribution is -0.137. The summed E-state index contributed by atoms with van der Waals surface area (Å²) in [6, 6.07) is 5.63. The topological polar surface area (TPSA) is 0 Å². The smallest absolute Gasteiger partial charge is 0.166 e. The molecule has 0 N–H and O–H groups in total. The van der Waals surface area contributed by atoms with Crippen molar-refractivity contribution in [3.63, 3.8) is 0 Å². The number of hydrogen-bond acceptors (Lipinski definition) is 0. The molecule has 0 bridgehead atoms. The summed E-state index contributed by atoms with van der Waals surface area (Å²) in [5.41, 5.74) is 0.212. The Morgan fingerprint density at radius 2 is 1.81 bits per heavy atom. The van der Waals surface area contributed by atoms with Gasteiger partial charge >= 0.3 is 6.18 Å². The summed E-state index contributed by atoms with van der Waals surface area (Å²) >= 11 is 0. The lowest BCUT2D eigenvalue weighted by Crippen LogP contribution is -2.09. The first-order valence-corrected chi connectivity index (χ1v) is 5.53. The van der Waals surface area contributed by atoms with Gasteiger partial charge in [0.25, 0.3) is 0 Å². The van der Waals surface area contributed by atoms with E-state index in [1.807, 2.05) is 6.92 Å². The maximum absolute atomic E-state index is 12.5. The highest BCUT2D eigenvalue weighted by molar-refractivity contribution is 5.28. The molecule has 1 rings (SSSR count). The lowest BCUT2D eigenvalue weighted by Gasteiger charge is -2.19. The molecule has 1 aromatic rings. The van der Waals surface area contributed by atoms with Gasteiger partial charge < -0.3 is 0 Å². The number of rotatable bonds is 3. The zero-order chi connectivity index (χ0) is 12.3. The minimum atomic E-state index is -4.24. The summed E-state index contributed by atoms with van der Waals surface area (Å²) in [5.74, 6) is 0.552. The van der Waals surface area contributed by atoms with E-state index < -0.39 is 11.7 Å². The standard InChI is InChI=1S/C13H17F3/c1-4-9(2)10(3)11-6-5-7-12(8-11)13(14,15)16/h5-10H,4H2,1-3H3. The Kier molecular flexibility index (Phi) is 4.00. The summed E-state index contributed by atoms with van der Waals surface area (Å²) in [7, 11) is 0. The Balaban J connectivity index is 2.99. The number of halogens is 3. The zero-order valence-corrected chi connectivity index (χ0v) is 9.81. The van der Waals surface area contributed by atoms with Crippen LogP contribution in [0.2, 0.25) is 0 Å². The summed E-state index contributed by atoms with van der Waals surface area (Å²) in [6.45, 7) is 6.09. The molecule has 0 aromatic heterocycles. The van der Waals surface area contributed by atoms with Crippen LogP contribution in [0.5, 0.6) is 0 Å². The molecule has 0 fully saturated rings. The van der Waals surface area contributed by atoms with Gasteiger partial charge in [0.2, 0.25) is 0 Å². The van der Waals surface area contributed by atoms with Gasteiger partial charge in [-0.25, -0.2) is 0 Å². The van der Waals surface area contributed by atoms with Gasteiger partial charge in [-0.3, -0.25) is 0 Å². The quantitative estimate of drug-likeness (QED) is 0.696. The SMILES string of the molecule is CCC(C)C(C)c1cccc(C(F)(F)F)c1. The van der Waals surface area contributed by atoms with Gasteiger partial charge in [-0.15, -0.1) is 0 Å². The molecule has 0 nitrogen and oxygen atoms in total. The Morgan fingerprint density at radius 1 is 1.19 bits per heavy atom. The van der Waals surface area contributed by atoms with Gasteiger partial charge in [-0.2, -0.15) is 13.2 Å². The molecule has 0 aliphatic rings. The highest BCUT2D eigenvalue weighted by Crippen LogP contribution is 2.33. The molecular weight excluding hydrogens is 213 g/mol. The first kappa shape index (κ1) is 13.1.